The minimum Gasteiger partial charge on any atom is -0.297 e. The number of nitrogens with zero attached hydrogens (tertiary/aromatic N) is 2. The highest BCUT2D eigenvalue weighted by Crippen LogP contribution is 2.19. The van der Waals surface area contributed by atoms with Crippen molar-refractivity contribution in [1.82, 2.24) is 14.1 Å². The first kappa shape index (κ1) is 14.4. The van der Waals surface area contributed by atoms with Gasteiger partial charge in [-0.15, -0.1) is 11.3 Å². The summed E-state index contributed by atoms with van der Waals surface area (Å²) in [7, 11) is -3.57. The lowest BCUT2D eigenvalue weighted by Gasteiger charge is -2.06. The second-order valence-electron chi connectivity index (χ2n) is 5.16. The molecule has 5 nitrogen and oxygen atoms in total. The molecule has 0 fully saturated rings. The number of nitrogens with one attached hydrogen (secondary N) is 1. The van der Waals surface area contributed by atoms with Crippen molar-refractivity contribution in [3.05, 3.63) is 65.9 Å². The van der Waals surface area contributed by atoms with Crippen molar-refractivity contribution in [3.8, 4) is 0 Å². The standard InChI is InChI=1S/C16H13N3O2S2/c20-23(21,15-6-5-12-3-1-2-4-13(12)9-15)17-10-14-11-19-7-8-22-16(19)18-14/h1-9,11,17H,10H2. The number of rotatable bonds is 4. The van der Waals surface area contributed by atoms with Gasteiger partial charge in [-0.25, -0.2) is 18.1 Å². The van der Waals surface area contributed by atoms with E-state index in [4.69, 9.17) is 0 Å². The second-order valence-corrected chi connectivity index (χ2v) is 7.80. The summed E-state index contributed by atoms with van der Waals surface area (Å²) in [6.07, 6.45) is 3.73. The topological polar surface area (TPSA) is 63.5 Å². The van der Waals surface area contributed by atoms with Crippen LogP contribution in [0.2, 0.25) is 0 Å². The van der Waals surface area contributed by atoms with Gasteiger partial charge in [-0.3, -0.25) is 4.40 Å². The maximum absolute atomic E-state index is 12.5. The first-order chi connectivity index (χ1) is 11.1. The Hall–Kier alpha value is -2.22. The molecular formula is C16H13N3O2S2. The summed E-state index contributed by atoms with van der Waals surface area (Å²) in [5, 5.41) is 3.85. The number of imidazole rings is 1. The molecule has 7 heteroatoms. The maximum Gasteiger partial charge on any atom is 0.240 e. The molecule has 116 valence electrons. The highest BCUT2D eigenvalue weighted by Gasteiger charge is 2.15. The lowest BCUT2D eigenvalue weighted by Crippen LogP contribution is -2.23. The molecule has 0 saturated heterocycles. The van der Waals surface area contributed by atoms with Gasteiger partial charge in [-0.2, -0.15) is 0 Å². The lowest BCUT2D eigenvalue weighted by molar-refractivity contribution is 0.581. The van der Waals surface area contributed by atoms with Crippen molar-refractivity contribution in [2.45, 2.75) is 11.4 Å². The van der Waals surface area contributed by atoms with Gasteiger partial charge in [-0.1, -0.05) is 30.3 Å². The quantitative estimate of drug-likeness (QED) is 0.619. The van der Waals surface area contributed by atoms with Gasteiger partial charge in [0.2, 0.25) is 10.0 Å². The Bertz CT molecular complexity index is 1070. The monoisotopic (exact) mass is 343 g/mol. The zero-order valence-electron chi connectivity index (χ0n) is 12.0. The van der Waals surface area contributed by atoms with Gasteiger partial charge in [0.15, 0.2) is 4.96 Å². The fourth-order valence-corrected chi connectivity index (χ4v) is 4.20. The van der Waals surface area contributed by atoms with Gasteiger partial charge in [-0.05, 0) is 22.9 Å². The molecule has 0 saturated carbocycles. The summed E-state index contributed by atoms with van der Waals surface area (Å²) in [6, 6.07) is 12.8. The van der Waals surface area contributed by atoms with E-state index in [1.807, 2.05) is 52.5 Å². The molecular weight excluding hydrogens is 330 g/mol. The third-order valence-electron chi connectivity index (χ3n) is 3.62. The van der Waals surface area contributed by atoms with Crippen LogP contribution in [0.15, 0.2) is 65.1 Å². The minimum atomic E-state index is -3.57. The molecule has 0 atom stereocenters. The Labute approximate surface area is 137 Å². The van der Waals surface area contributed by atoms with Gasteiger partial charge in [0, 0.05) is 17.8 Å². The maximum atomic E-state index is 12.5. The van der Waals surface area contributed by atoms with Crippen LogP contribution >= 0.6 is 11.3 Å². The summed E-state index contributed by atoms with van der Waals surface area (Å²) in [6.45, 7) is 0.170. The summed E-state index contributed by atoms with van der Waals surface area (Å²) < 4.78 is 29.4. The molecule has 0 spiro atoms. The third-order valence-corrected chi connectivity index (χ3v) is 5.79. The van der Waals surface area contributed by atoms with Crippen molar-refractivity contribution < 1.29 is 8.42 Å². The zero-order valence-corrected chi connectivity index (χ0v) is 13.6. The van der Waals surface area contributed by atoms with E-state index in [1.54, 1.807) is 12.1 Å². The molecule has 0 amide bonds. The predicted molar refractivity (Wildman–Crippen MR) is 91.0 cm³/mol. The smallest absolute Gasteiger partial charge is 0.240 e. The van der Waals surface area contributed by atoms with Crippen molar-refractivity contribution in [1.29, 1.82) is 0 Å². The van der Waals surface area contributed by atoms with Crippen LogP contribution in [0.5, 0.6) is 0 Å². The molecule has 2 aromatic carbocycles. The van der Waals surface area contributed by atoms with E-state index >= 15 is 0 Å². The molecule has 2 heterocycles. The molecule has 4 aromatic rings. The number of aromatic nitrogens is 2. The Morgan fingerprint density at radius 3 is 2.78 bits per heavy atom. The average molecular weight is 343 g/mol. The fourth-order valence-electron chi connectivity index (χ4n) is 2.45. The van der Waals surface area contributed by atoms with Gasteiger partial charge in [0.1, 0.15) is 0 Å². The van der Waals surface area contributed by atoms with Crippen LogP contribution in [0.25, 0.3) is 15.7 Å². The lowest BCUT2D eigenvalue weighted by atomic mass is 10.1. The molecule has 1 N–H and O–H groups in total. The number of fused-ring (bicyclic) bond motifs is 2. The van der Waals surface area contributed by atoms with Gasteiger partial charge >= 0.3 is 0 Å². The zero-order chi connectivity index (χ0) is 15.9. The Kier molecular flexibility index (Phi) is 3.41. The molecule has 0 aliphatic rings. The molecule has 0 unspecified atom stereocenters. The fraction of sp³-hybridized carbons (Fsp3) is 0.0625. The predicted octanol–water partition coefficient (Wildman–Crippen LogP) is 3.03. The van der Waals surface area contributed by atoms with E-state index in [9.17, 15) is 8.42 Å². The van der Waals surface area contributed by atoms with E-state index in [2.05, 4.69) is 9.71 Å². The van der Waals surface area contributed by atoms with Crippen LogP contribution in [-0.4, -0.2) is 17.8 Å². The van der Waals surface area contributed by atoms with Crippen LogP contribution in [-0.2, 0) is 16.6 Å². The number of hydrogen-bond donors (Lipinski definition) is 1. The van der Waals surface area contributed by atoms with Gasteiger partial charge in [0.05, 0.1) is 17.1 Å². The number of benzene rings is 2. The highest BCUT2D eigenvalue weighted by molar-refractivity contribution is 7.89. The van der Waals surface area contributed by atoms with E-state index in [1.165, 1.54) is 11.3 Å². The number of hydrogen-bond acceptors (Lipinski definition) is 4. The summed E-state index contributed by atoms with van der Waals surface area (Å²) in [4.78, 5) is 5.49. The third kappa shape index (κ3) is 2.74. The molecule has 0 bridgehead atoms. The normalized spacial score (nSPS) is 12.2. The Morgan fingerprint density at radius 2 is 1.96 bits per heavy atom. The van der Waals surface area contributed by atoms with Crippen LogP contribution < -0.4 is 4.72 Å². The Morgan fingerprint density at radius 1 is 1.13 bits per heavy atom. The van der Waals surface area contributed by atoms with Crippen molar-refractivity contribution >= 4 is 37.1 Å². The number of sulfonamides is 1. The van der Waals surface area contributed by atoms with E-state index < -0.39 is 10.0 Å². The van der Waals surface area contributed by atoms with Gasteiger partial charge < -0.3 is 0 Å². The molecule has 2 aromatic heterocycles. The first-order valence-electron chi connectivity index (χ1n) is 7.01. The van der Waals surface area contributed by atoms with Crippen LogP contribution in [0.1, 0.15) is 5.69 Å². The van der Waals surface area contributed by atoms with Crippen LogP contribution in [0, 0.1) is 0 Å². The van der Waals surface area contributed by atoms with Crippen LogP contribution in [0.3, 0.4) is 0 Å². The van der Waals surface area contributed by atoms with Gasteiger partial charge in [0.25, 0.3) is 0 Å². The number of thiazole rings is 1. The highest BCUT2D eigenvalue weighted by atomic mass is 32.2. The second kappa shape index (κ2) is 5.45. The van der Waals surface area contributed by atoms with Crippen molar-refractivity contribution in [2.24, 2.45) is 0 Å². The molecule has 0 aliphatic carbocycles. The molecule has 0 radical (unpaired) electrons. The summed E-state index contributed by atoms with van der Waals surface area (Å²) in [5.41, 5.74) is 0.696. The van der Waals surface area contributed by atoms with Crippen molar-refractivity contribution in [3.63, 3.8) is 0 Å². The summed E-state index contributed by atoms with van der Waals surface area (Å²) in [5.74, 6) is 0. The van der Waals surface area contributed by atoms with E-state index in [0.29, 0.717) is 5.69 Å². The first-order valence-corrected chi connectivity index (χ1v) is 9.38. The SMILES string of the molecule is O=S(=O)(NCc1cn2ccsc2n1)c1ccc2ccccc2c1. The van der Waals surface area contributed by atoms with Crippen LogP contribution in [0.4, 0.5) is 0 Å². The van der Waals surface area contributed by atoms with E-state index in [0.717, 1.165) is 15.7 Å². The molecule has 23 heavy (non-hydrogen) atoms. The van der Waals surface area contributed by atoms with E-state index in [-0.39, 0.29) is 11.4 Å². The minimum absolute atomic E-state index is 0.170. The molecule has 4 rings (SSSR count). The molecule has 0 aliphatic heterocycles. The summed E-state index contributed by atoms with van der Waals surface area (Å²) >= 11 is 1.51. The largest absolute Gasteiger partial charge is 0.297 e. The Balaban J connectivity index is 1.59. The average Bonchev–Trinajstić information content (AvgIpc) is 3.14. The van der Waals surface area contributed by atoms with Crippen molar-refractivity contribution in [2.75, 3.05) is 0 Å².